The van der Waals surface area contributed by atoms with Crippen molar-refractivity contribution in [1.82, 2.24) is 16.0 Å². The summed E-state index contributed by atoms with van der Waals surface area (Å²) in [5.74, 6) is -0.322. The Morgan fingerprint density at radius 2 is 2.08 bits per heavy atom. The van der Waals surface area contributed by atoms with Gasteiger partial charge >= 0.3 is 6.03 Å². The second-order valence-electron chi connectivity index (χ2n) is 8.08. The number of rotatable bonds is 5. The molecular formula is C19H21N3O4. The fourth-order valence-corrected chi connectivity index (χ4v) is 6.04. The molecule has 0 aromatic heterocycles. The van der Waals surface area contributed by atoms with E-state index in [9.17, 15) is 19.5 Å². The van der Waals surface area contributed by atoms with Crippen LogP contribution in [0, 0.1) is 23.2 Å². The van der Waals surface area contributed by atoms with Gasteiger partial charge in [0.15, 0.2) is 0 Å². The van der Waals surface area contributed by atoms with E-state index >= 15 is 0 Å². The van der Waals surface area contributed by atoms with E-state index in [4.69, 9.17) is 0 Å². The van der Waals surface area contributed by atoms with Crippen LogP contribution in [0.25, 0.3) is 0 Å². The normalized spacial score (nSPS) is 39.7. The van der Waals surface area contributed by atoms with E-state index in [0.717, 1.165) is 12.0 Å². The van der Waals surface area contributed by atoms with Crippen molar-refractivity contribution < 1.29 is 19.5 Å². The van der Waals surface area contributed by atoms with Gasteiger partial charge in [-0.3, -0.25) is 14.9 Å². The molecule has 1 saturated heterocycles. The van der Waals surface area contributed by atoms with Gasteiger partial charge in [-0.05, 0) is 36.7 Å². The third-order valence-corrected chi connectivity index (χ3v) is 6.99. The predicted molar refractivity (Wildman–Crippen MR) is 90.7 cm³/mol. The number of nitrogens with one attached hydrogen (secondary N) is 3. The van der Waals surface area contributed by atoms with Crippen molar-refractivity contribution in [2.45, 2.75) is 30.8 Å². The topological polar surface area (TPSA) is 108 Å². The fourth-order valence-electron chi connectivity index (χ4n) is 6.04. The van der Waals surface area contributed by atoms with E-state index in [1.807, 2.05) is 30.3 Å². The summed E-state index contributed by atoms with van der Waals surface area (Å²) in [5.41, 5.74) is -0.414. The molecule has 1 aromatic rings. The molecule has 6 atom stereocenters. The van der Waals surface area contributed by atoms with Crippen LogP contribution in [0.2, 0.25) is 0 Å². The molecule has 1 aliphatic heterocycles. The number of aliphatic hydroxyl groups excluding tert-OH is 1. The third-order valence-electron chi connectivity index (χ3n) is 6.99. The van der Waals surface area contributed by atoms with Crippen LogP contribution < -0.4 is 16.0 Å². The Balaban J connectivity index is 1.33. The summed E-state index contributed by atoms with van der Waals surface area (Å²) >= 11 is 0. The first kappa shape index (κ1) is 15.8. The molecule has 0 unspecified atom stereocenters. The van der Waals surface area contributed by atoms with Gasteiger partial charge in [0.1, 0.15) is 5.54 Å². The zero-order chi connectivity index (χ0) is 18.1. The molecule has 5 aliphatic rings. The Kier molecular flexibility index (Phi) is 3.08. The lowest BCUT2D eigenvalue weighted by Crippen LogP contribution is -2.51. The second kappa shape index (κ2) is 5.07. The number of hydrogen-bond acceptors (Lipinski definition) is 4. The second-order valence-corrected chi connectivity index (χ2v) is 8.08. The van der Waals surface area contributed by atoms with Gasteiger partial charge in [0, 0.05) is 5.92 Å². The maximum Gasteiger partial charge on any atom is 0.322 e. The van der Waals surface area contributed by atoms with Gasteiger partial charge in [-0.1, -0.05) is 30.3 Å². The van der Waals surface area contributed by atoms with Crippen molar-refractivity contribution in [2.75, 3.05) is 6.61 Å². The molecule has 4 amide bonds. The van der Waals surface area contributed by atoms with Gasteiger partial charge in [0.2, 0.25) is 5.91 Å². The summed E-state index contributed by atoms with van der Waals surface area (Å²) in [6, 6.07) is 8.90. The number of carbonyl (C=O) groups excluding carboxylic acids is 3. The number of urea groups is 1. The fraction of sp³-hybridized carbons (Fsp3) is 0.526. The van der Waals surface area contributed by atoms with Gasteiger partial charge in [0.25, 0.3) is 5.91 Å². The number of benzene rings is 1. The molecule has 136 valence electrons. The van der Waals surface area contributed by atoms with E-state index < -0.39 is 17.0 Å². The summed E-state index contributed by atoms with van der Waals surface area (Å²) in [6.07, 6.45) is 1.99. The Labute approximate surface area is 150 Å². The summed E-state index contributed by atoms with van der Waals surface area (Å²) in [6.45, 7) is -0.141. The van der Waals surface area contributed by atoms with Gasteiger partial charge in [-0.25, -0.2) is 4.79 Å². The first-order valence-electron chi connectivity index (χ1n) is 9.11. The van der Waals surface area contributed by atoms with E-state index in [0.29, 0.717) is 12.8 Å². The van der Waals surface area contributed by atoms with Crippen LogP contribution in [0.3, 0.4) is 0 Å². The summed E-state index contributed by atoms with van der Waals surface area (Å²) in [4.78, 5) is 37.1. The van der Waals surface area contributed by atoms with Crippen molar-refractivity contribution in [3.05, 3.63) is 35.9 Å². The molecule has 26 heavy (non-hydrogen) atoms. The summed E-state index contributed by atoms with van der Waals surface area (Å²) < 4.78 is 0. The van der Waals surface area contributed by atoms with E-state index in [1.165, 1.54) is 0 Å². The Morgan fingerprint density at radius 1 is 1.31 bits per heavy atom. The largest absolute Gasteiger partial charge is 0.394 e. The van der Waals surface area contributed by atoms with Gasteiger partial charge in [-0.2, -0.15) is 0 Å². The van der Waals surface area contributed by atoms with Crippen LogP contribution in [0.15, 0.2) is 30.3 Å². The highest BCUT2D eigenvalue weighted by Crippen LogP contribution is 2.82. The maximum absolute atomic E-state index is 13.1. The van der Waals surface area contributed by atoms with Crippen molar-refractivity contribution >= 4 is 17.8 Å². The SMILES string of the molecule is O=C1NC(=O)[C@@]2(N1)[C@@H]1C[C@@H]3[C@H]2[C@@]3(C(=O)N[C@@H](CO)Cc2ccccc2)C1. The monoisotopic (exact) mass is 355 g/mol. The molecule has 1 heterocycles. The van der Waals surface area contributed by atoms with Crippen LogP contribution in [-0.2, 0) is 16.0 Å². The van der Waals surface area contributed by atoms with E-state index in [1.54, 1.807) is 0 Å². The lowest BCUT2D eigenvalue weighted by atomic mass is 9.88. The molecule has 7 heteroatoms. The van der Waals surface area contributed by atoms with Gasteiger partial charge in [0.05, 0.1) is 18.1 Å². The first-order valence-corrected chi connectivity index (χ1v) is 9.11. The van der Waals surface area contributed by atoms with E-state index in [-0.39, 0.29) is 42.2 Å². The molecule has 1 aromatic carbocycles. The minimum atomic E-state index is -0.896. The Bertz CT molecular complexity index is 812. The molecule has 4 aliphatic carbocycles. The maximum atomic E-state index is 13.1. The van der Waals surface area contributed by atoms with Gasteiger partial charge < -0.3 is 15.7 Å². The van der Waals surface area contributed by atoms with Crippen molar-refractivity contribution in [2.24, 2.45) is 23.2 Å². The van der Waals surface area contributed by atoms with Crippen molar-refractivity contribution in [1.29, 1.82) is 0 Å². The predicted octanol–water partition coefficient (Wildman–Crippen LogP) is -0.0596. The zero-order valence-corrected chi connectivity index (χ0v) is 14.2. The number of carbonyl (C=O) groups is 3. The zero-order valence-electron chi connectivity index (χ0n) is 14.2. The highest BCUT2D eigenvalue weighted by molar-refractivity contribution is 6.10. The quantitative estimate of drug-likeness (QED) is 0.555. The lowest BCUT2D eigenvalue weighted by Gasteiger charge is -2.24. The van der Waals surface area contributed by atoms with E-state index in [2.05, 4.69) is 16.0 Å². The minimum Gasteiger partial charge on any atom is -0.394 e. The molecule has 6 rings (SSSR count). The number of hydrogen-bond donors (Lipinski definition) is 4. The average molecular weight is 355 g/mol. The minimum absolute atomic E-state index is 0.0244. The Morgan fingerprint density at radius 3 is 2.69 bits per heavy atom. The van der Waals surface area contributed by atoms with Gasteiger partial charge in [-0.15, -0.1) is 0 Å². The first-order chi connectivity index (χ1) is 12.5. The smallest absolute Gasteiger partial charge is 0.322 e. The molecule has 5 fully saturated rings. The molecule has 7 nitrogen and oxygen atoms in total. The summed E-state index contributed by atoms with van der Waals surface area (Å²) in [7, 11) is 0. The van der Waals surface area contributed by atoms with Crippen LogP contribution in [0.5, 0.6) is 0 Å². The number of amides is 4. The molecule has 0 radical (unpaired) electrons. The van der Waals surface area contributed by atoms with Crippen molar-refractivity contribution in [3.8, 4) is 0 Å². The molecule has 4 N–H and O–H groups in total. The summed E-state index contributed by atoms with van der Waals surface area (Å²) in [5, 5.41) is 17.9. The average Bonchev–Trinajstić information content (AvgIpc) is 2.98. The van der Waals surface area contributed by atoms with Crippen LogP contribution in [0.1, 0.15) is 18.4 Å². The highest BCUT2D eigenvalue weighted by atomic mass is 16.3. The molecule has 4 saturated carbocycles. The highest BCUT2D eigenvalue weighted by Gasteiger charge is 2.90. The third kappa shape index (κ3) is 1.79. The number of aliphatic hydroxyl groups is 1. The van der Waals surface area contributed by atoms with Crippen LogP contribution in [-0.4, -0.2) is 41.1 Å². The van der Waals surface area contributed by atoms with Crippen LogP contribution in [0.4, 0.5) is 4.79 Å². The molecule has 4 bridgehead atoms. The number of imide groups is 1. The van der Waals surface area contributed by atoms with Crippen LogP contribution >= 0.6 is 0 Å². The standard InChI is InChI=1S/C19H21N3O4/c23-9-12(6-10-4-2-1-3-5-10)20-15(24)18-8-11-7-13(18)14(18)19(11)16(25)21-17(26)22-19/h1-5,11-14,23H,6-9H2,(H,20,24)(H2,21,22,25,26)/t11-,12-,13-,14+,18-,19-/m1/s1. The lowest BCUT2D eigenvalue weighted by molar-refractivity contribution is -0.128. The Hall–Kier alpha value is -2.41. The van der Waals surface area contributed by atoms with Crippen molar-refractivity contribution in [3.63, 3.8) is 0 Å². The molecular weight excluding hydrogens is 334 g/mol. The molecule has 1 spiro atoms.